The molecule has 1 aromatic carbocycles. The predicted octanol–water partition coefficient (Wildman–Crippen LogP) is 1.83. The number of nitrogens with zero attached hydrogens (tertiary/aromatic N) is 2. The van der Waals surface area contributed by atoms with E-state index in [1.807, 2.05) is 0 Å². The first-order valence-electron chi connectivity index (χ1n) is 6.92. The van der Waals surface area contributed by atoms with E-state index in [4.69, 9.17) is 0 Å². The van der Waals surface area contributed by atoms with Crippen molar-refractivity contribution in [2.75, 3.05) is 14.2 Å². The van der Waals surface area contributed by atoms with E-state index >= 15 is 0 Å². The van der Waals surface area contributed by atoms with Crippen LogP contribution in [0.1, 0.15) is 21.5 Å². The number of hydrogen-bond donors (Lipinski definition) is 0. The molecule has 122 valence electrons. The average Bonchev–Trinajstić information content (AvgIpc) is 2.55. The van der Waals surface area contributed by atoms with Crippen molar-refractivity contribution >= 4 is 16.0 Å². The molecule has 0 spiro atoms. The molecule has 1 heterocycles. The number of aromatic nitrogens is 1. The molecule has 0 amide bonds. The van der Waals surface area contributed by atoms with Gasteiger partial charge in [0.25, 0.3) is 0 Å². The van der Waals surface area contributed by atoms with Gasteiger partial charge in [0.2, 0.25) is 10.0 Å². The van der Waals surface area contributed by atoms with Gasteiger partial charge in [-0.05, 0) is 35.4 Å². The maximum atomic E-state index is 12.4. The molecule has 0 saturated carbocycles. The topological polar surface area (TPSA) is 76.6 Å². The highest BCUT2D eigenvalue weighted by Crippen LogP contribution is 2.14. The fourth-order valence-electron chi connectivity index (χ4n) is 2.07. The molecule has 0 N–H and O–H groups in total. The molecule has 0 aliphatic rings. The Morgan fingerprint density at radius 2 is 1.87 bits per heavy atom. The Balaban J connectivity index is 2.13. The smallest absolute Gasteiger partial charge is 0.337 e. The second-order valence-electron chi connectivity index (χ2n) is 5.06. The summed E-state index contributed by atoms with van der Waals surface area (Å²) in [4.78, 5) is 15.4. The Labute approximate surface area is 135 Å². The van der Waals surface area contributed by atoms with Gasteiger partial charge in [0.15, 0.2) is 0 Å². The lowest BCUT2D eigenvalue weighted by molar-refractivity contribution is 0.0600. The summed E-state index contributed by atoms with van der Waals surface area (Å²) in [6.07, 6.45) is 3.24. The van der Waals surface area contributed by atoms with Gasteiger partial charge in [0, 0.05) is 26.0 Å². The van der Waals surface area contributed by atoms with Crippen LogP contribution in [0.3, 0.4) is 0 Å². The molecular formula is C16H18N2O4S. The third-order valence-corrected chi connectivity index (χ3v) is 5.10. The molecule has 7 heteroatoms. The van der Waals surface area contributed by atoms with Crippen LogP contribution >= 0.6 is 0 Å². The predicted molar refractivity (Wildman–Crippen MR) is 86.1 cm³/mol. The van der Waals surface area contributed by atoms with Crippen molar-refractivity contribution in [2.45, 2.75) is 12.3 Å². The van der Waals surface area contributed by atoms with E-state index in [1.165, 1.54) is 24.5 Å². The molecule has 6 nitrogen and oxygen atoms in total. The Kier molecular flexibility index (Phi) is 5.46. The van der Waals surface area contributed by atoms with Gasteiger partial charge in [0.1, 0.15) is 0 Å². The minimum absolute atomic E-state index is 0.181. The third kappa shape index (κ3) is 4.61. The lowest BCUT2D eigenvalue weighted by Crippen LogP contribution is -2.27. The number of methoxy groups -OCH3 is 1. The Bertz CT molecular complexity index is 776. The minimum atomic E-state index is -3.50. The van der Waals surface area contributed by atoms with Crippen LogP contribution in [-0.2, 0) is 27.1 Å². The molecule has 2 rings (SSSR count). The molecule has 1 aromatic heterocycles. The SMILES string of the molecule is COC(=O)c1cccc(CS(=O)(=O)N(C)Cc2ccncc2)c1. The van der Waals surface area contributed by atoms with Crippen LogP contribution in [0.4, 0.5) is 0 Å². The zero-order chi connectivity index (χ0) is 16.9. The summed E-state index contributed by atoms with van der Waals surface area (Å²) in [7, 11) is -0.686. The summed E-state index contributed by atoms with van der Waals surface area (Å²) in [5.41, 5.74) is 1.72. The Morgan fingerprint density at radius 3 is 2.52 bits per heavy atom. The molecule has 0 fully saturated rings. The summed E-state index contributed by atoms with van der Waals surface area (Å²) in [5.74, 6) is -0.672. The Morgan fingerprint density at radius 1 is 1.17 bits per heavy atom. The monoisotopic (exact) mass is 334 g/mol. The molecule has 2 aromatic rings. The summed E-state index contributed by atoms with van der Waals surface area (Å²) in [5, 5.41) is 0. The highest BCUT2D eigenvalue weighted by atomic mass is 32.2. The zero-order valence-corrected chi connectivity index (χ0v) is 13.8. The van der Waals surface area contributed by atoms with Crippen LogP contribution in [0.25, 0.3) is 0 Å². The number of carbonyl (C=O) groups is 1. The normalized spacial score (nSPS) is 11.4. The maximum absolute atomic E-state index is 12.4. The van der Waals surface area contributed by atoms with Crippen LogP contribution in [0.5, 0.6) is 0 Å². The zero-order valence-electron chi connectivity index (χ0n) is 13.0. The van der Waals surface area contributed by atoms with Crippen molar-refractivity contribution in [3.05, 3.63) is 65.5 Å². The third-order valence-electron chi connectivity index (χ3n) is 3.33. The van der Waals surface area contributed by atoms with Crippen molar-refractivity contribution in [3.63, 3.8) is 0 Å². The molecule has 0 radical (unpaired) electrons. The van der Waals surface area contributed by atoms with Crippen LogP contribution in [-0.4, -0.2) is 37.8 Å². The standard InChI is InChI=1S/C16H18N2O4S/c1-18(11-13-6-8-17-9-7-13)23(20,21)12-14-4-3-5-15(10-14)16(19)22-2/h3-10H,11-12H2,1-2H3. The van der Waals surface area contributed by atoms with Gasteiger partial charge in [-0.15, -0.1) is 0 Å². The van der Waals surface area contributed by atoms with E-state index in [-0.39, 0.29) is 12.3 Å². The molecular weight excluding hydrogens is 316 g/mol. The molecule has 0 saturated heterocycles. The van der Waals surface area contributed by atoms with E-state index in [0.29, 0.717) is 11.1 Å². The molecule has 0 atom stereocenters. The lowest BCUT2D eigenvalue weighted by atomic mass is 10.1. The fourth-order valence-corrected chi connectivity index (χ4v) is 3.24. The van der Waals surface area contributed by atoms with E-state index in [1.54, 1.807) is 42.7 Å². The van der Waals surface area contributed by atoms with Crippen LogP contribution < -0.4 is 0 Å². The highest BCUT2D eigenvalue weighted by molar-refractivity contribution is 7.88. The minimum Gasteiger partial charge on any atom is -0.465 e. The highest BCUT2D eigenvalue weighted by Gasteiger charge is 2.19. The average molecular weight is 334 g/mol. The van der Waals surface area contributed by atoms with E-state index in [2.05, 4.69) is 9.72 Å². The lowest BCUT2D eigenvalue weighted by Gasteiger charge is -2.17. The maximum Gasteiger partial charge on any atom is 0.337 e. The molecule has 23 heavy (non-hydrogen) atoms. The van der Waals surface area contributed by atoms with Crippen molar-refractivity contribution < 1.29 is 17.9 Å². The number of ether oxygens (including phenoxy) is 1. The van der Waals surface area contributed by atoms with E-state index in [9.17, 15) is 13.2 Å². The van der Waals surface area contributed by atoms with E-state index in [0.717, 1.165) is 5.56 Å². The first-order valence-corrected chi connectivity index (χ1v) is 8.53. The molecule has 0 unspecified atom stereocenters. The van der Waals surface area contributed by atoms with Gasteiger partial charge >= 0.3 is 5.97 Å². The van der Waals surface area contributed by atoms with Crippen LogP contribution in [0.15, 0.2) is 48.8 Å². The van der Waals surface area contributed by atoms with Gasteiger partial charge in [0.05, 0.1) is 18.4 Å². The van der Waals surface area contributed by atoms with E-state index < -0.39 is 16.0 Å². The van der Waals surface area contributed by atoms with Gasteiger partial charge in [-0.1, -0.05) is 12.1 Å². The summed E-state index contributed by atoms with van der Waals surface area (Å²) in [6.45, 7) is 0.265. The van der Waals surface area contributed by atoms with Crippen molar-refractivity contribution in [1.82, 2.24) is 9.29 Å². The number of pyridine rings is 1. The second-order valence-corrected chi connectivity index (χ2v) is 7.14. The quantitative estimate of drug-likeness (QED) is 0.753. The van der Waals surface area contributed by atoms with Gasteiger partial charge in [-0.2, -0.15) is 0 Å². The van der Waals surface area contributed by atoms with Crippen molar-refractivity contribution in [3.8, 4) is 0 Å². The van der Waals surface area contributed by atoms with Crippen LogP contribution in [0, 0.1) is 0 Å². The number of esters is 1. The summed E-state index contributed by atoms with van der Waals surface area (Å²) < 4.78 is 30.8. The summed E-state index contributed by atoms with van der Waals surface area (Å²) >= 11 is 0. The summed E-state index contributed by atoms with van der Waals surface area (Å²) in [6, 6.07) is 9.96. The van der Waals surface area contributed by atoms with Crippen molar-refractivity contribution in [2.24, 2.45) is 0 Å². The Hall–Kier alpha value is -2.25. The molecule has 0 bridgehead atoms. The first-order chi connectivity index (χ1) is 10.9. The number of rotatable bonds is 6. The largest absolute Gasteiger partial charge is 0.465 e. The van der Waals surface area contributed by atoms with Gasteiger partial charge in [-0.25, -0.2) is 17.5 Å². The van der Waals surface area contributed by atoms with Gasteiger partial charge in [-0.3, -0.25) is 4.98 Å². The second kappa shape index (κ2) is 7.34. The number of carbonyl (C=O) groups excluding carboxylic acids is 1. The number of sulfonamides is 1. The first kappa shape index (κ1) is 17.1. The fraction of sp³-hybridized carbons (Fsp3) is 0.250. The molecule has 0 aliphatic heterocycles. The van der Waals surface area contributed by atoms with Crippen molar-refractivity contribution in [1.29, 1.82) is 0 Å². The van der Waals surface area contributed by atoms with Gasteiger partial charge < -0.3 is 4.74 Å². The number of hydrogen-bond acceptors (Lipinski definition) is 5. The molecule has 0 aliphatic carbocycles. The number of benzene rings is 1. The van der Waals surface area contributed by atoms with Crippen LogP contribution in [0.2, 0.25) is 0 Å².